The Morgan fingerprint density at radius 1 is 1.11 bits per heavy atom. The second kappa shape index (κ2) is 8.23. The van der Waals surface area contributed by atoms with Crippen molar-refractivity contribution in [1.82, 2.24) is 15.3 Å². The summed E-state index contributed by atoms with van der Waals surface area (Å²) in [5, 5.41) is 5.77. The van der Waals surface area contributed by atoms with Crippen molar-refractivity contribution in [2.24, 2.45) is 0 Å². The Balaban J connectivity index is 0.00000102. The lowest BCUT2D eigenvalue weighted by molar-refractivity contribution is 0.0951. The van der Waals surface area contributed by atoms with E-state index in [9.17, 15) is 4.79 Å². The number of pyridine rings is 1. The van der Waals surface area contributed by atoms with Crippen LogP contribution in [0.1, 0.15) is 35.5 Å². The van der Waals surface area contributed by atoms with Gasteiger partial charge in [0.05, 0.1) is 11.2 Å². The lowest BCUT2D eigenvalue weighted by atomic mass is 10.1. The highest BCUT2D eigenvalue weighted by atomic mass is 35.5. The summed E-state index contributed by atoms with van der Waals surface area (Å²) in [5.74, 6) is -0.129. The van der Waals surface area contributed by atoms with Crippen LogP contribution in [0.2, 0.25) is 5.02 Å². The van der Waals surface area contributed by atoms with Crippen LogP contribution in [0.4, 0.5) is 0 Å². The van der Waals surface area contributed by atoms with E-state index in [4.69, 9.17) is 11.6 Å². The van der Waals surface area contributed by atoms with Gasteiger partial charge in [0.25, 0.3) is 5.91 Å². The average Bonchev–Trinajstić information content (AvgIpc) is 3.08. The Hall–Kier alpha value is -2.85. The summed E-state index contributed by atoms with van der Waals surface area (Å²) in [6.45, 7) is 6.36. The Kier molecular flexibility index (Phi) is 5.77. The third kappa shape index (κ3) is 3.81. The highest BCUT2D eigenvalue weighted by Crippen LogP contribution is 2.27. The minimum atomic E-state index is -0.129. The fourth-order valence-electron chi connectivity index (χ4n) is 3.03. The molecule has 0 radical (unpaired) electrons. The summed E-state index contributed by atoms with van der Waals surface area (Å²) in [5.41, 5.74) is 4.38. The Bertz CT molecular complexity index is 1100. The molecule has 0 spiro atoms. The highest BCUT2D eigenvalue weighted by Gasteiger charge is 2.11. The molecular weight excluding hydrogens is 358 g/mol. The molecule has 27 heavy (non-hydrogen) atoms. The molecule has 0 fully saturated rings. The van der Waals surface area contributed by atoms with Gasteiger partial charge in [0.2, 0.25) is 0 Å². The van der Waals surface area contributed by atoms with Crippen LogP contribution in [0.15, 0.2) is 54.7 Å². The number of H-pyrrole nitrogens is 1. The van der Waals surface area contributed by atoms with Crippen LogP contribution < -0.4 is 5.32 Å². The van der Waals surface area contributed by atoms with Crippen LogP contribution in [-0.2, 0) is 6.54 Å². The summed E-state index contributed by atoms with van der Waals surface area (Å²) in [7, 11) is 0. The van der Waals surface area contributed by atoms with Crippen molar-refractivity contribution in [1.29, 1.82) is 0 Å². The number of carbonyl (C=O) groups excluding carboxylic acids is 1. The molecule has 0 unspecified atom stereocenters. The fraction of sp³-hybridized carbons (Fsp3) is 0.182. The molecule has 4 nitrogen and oxygen atoms in total. The van der Waals surface area contributed by atoms with E-state index in [2.05, 4.69) is 15.3 Å². The van der Waals surface area contributed by atoms with Crippen molar-refractivity contribution in [3.05, 3.63) is 76.6 Å². The van der Waals surface area contributed by atoms with Crippen LogP contribution in [0, 0.1) is 6.92 Å². The Morgan fingerprint density at radius 3 is 2.67 bits per heavy atom. The van der Waals surface area contributed by atoms with Gasteiger partial charge in [0.15, 0.2) is 0 Å². The first-order chi connectivity index (χ1) is 13.1. The third-order valence-electron chi connectivity index (χ3n) is 4.37. The number of nitrogens with one attached hydrogen (secondary N) is 2. The molecule has 2 aromatic carbocycles. The van der Waals surface area contributed by atoms with E-state index < -0.39 is 0 Å². The van der Waals surface area contributed by atoms with E-state index in [0.717, 1.165) is 33.1 Å². The van der Waals surface area contributed by atoms with Gasteiger partial charge in [0.1, 0.15) is 0 Å². The first kappa shape index (κ1) is 18.9. The van der Waals surface area contributed by atoms with E-state index >= 15 is 0 Å². The van der Waals surface area contributed by atoms with Crippen molar-refractivity contribution < 1.29 is 4.79 Å². The van der Waals surface area contributed by atoms with E-state index in [0.29, 0.717) is 17.1 Å². The van der Waals surface area contributed by atoms with Gasteiger partial charge < -0.3 is 10.3 Å². The number of halogens is 1. The molecule has 0 aliphatic heterocycles. The van der Waals surface area contributed by atoms with Gasteiger partial charge in [-0.3, -0.25) is 9.78 Å². The molecule has 4 rings (SSSR count). The summed E-state index contributed by atoms with van der Waals surface area (Å²) in [6.07, 6.45) is 1.80. The highest BCUT2D eigenvalue weighted by molar-refractivity contribution is 6.31. The molecule has 1 amide bonds. The minimum Gasteiger partial charge on any atom is -0.353 e. The second-order valence-corrected chi connectivity index (χ2v) is 6.39. The molecule has 0 aliphatic carbocycles. The lowest BCUT2D eigenvalue weighted by Gasteiger charge is -2.07. The number of aryl methyl sites for hydroxylation is 1. The number of fused-ring (bicyclic) bond motifs is 3. The van der Waals surface area contributed by atoms with Crippen LogP contribution in [0.3, 0.4) is 0 Å². The molecule has 2 aromatic heterocycles. The molecule has 138 valence electrons. The van der Waals surface area contributed by atoms with Crippen molar-refractivity contribution in [2.45, 2.75) is 27.3 Å². The van der Waals surface area contributed by atoms with Gasteiger partial charge in [-0.1, -0.05) is 49.7 Å². The van der Waals surface area contributed by atoms with Gasteiger partial charge in [0, 0.05) is 39.6 Å². The van der Waals surface area contributed by atoms with Crippen LogP contribution in [0.5, 0.6) is 0 Å². The largest absolute Gasteiger partial charge is 0.353 e. The maximum Gasteiger partial charge on any atom is 0.251 e. The third-order valence-corrected chi connectivity index (χ3v) is 4.74. The van der Waals surface area contributed by atoms with Gasteiger partial charge in [-0.2, -0.15) is 0 Å². The molecule has 0 bridgehead atoms. The predicted molar refractivity (Wildman–Crippen MR) is 112 cm³/mol. The number of nitrogens with zero attached hydrogens (tertiary/aromatic N) is 1. The first-order valence-corrected chi connectivity index (χ1v) is 9.40. The number of benzene rings is 2. The number of hydrogen-bond donors (Lipinski definition) is 2. The molecule has 0 aliphatic rings. The summed E-state index contributed by atoms with van der Waals surface area (Å²) >= 11 is 6.13. The topological polar surface area (TPSA) is 57.8 Å². The SMILES string of the molecule is CC.Cc1nccc2c1[nH]c1cc(C(=O)NCc3ccccc3Cl)ccc12. The zero-order chi connectivity index (χ0) is 19.4. The molecule has 2 N–H and O–H groups in total. The minimum absolute atomic E-state index is 0.129. The zero-order valence-corrected chi connectivity index (χ0v) is 16.4. The summed E-state index contributed by atoms with van der Waals surface area (Å²) < 4.78 is 0. The van der Waals surface area contributed by atoms with Crippen molar-refractivity contribution in [2.75, 3.05) is 0 Å². The first-order valence-electron chi connectivity index (χ1n) is 9.02. The monoisotopic (exact) mass is 379 g/mol. The van der Waals surface area contributed by atoms with E-state index in [1.54, 1.807) is 6.20 Å². The molecule has 0 saturated heterocycles. The van der Waals surface area contributed by atoms with Gasteiger partial charge in [-0.15, -0.1) is 0 Å². The normalized spacial score (nSPS) is 10.5. The second-order valence-electron chi connectivity index (χ2n) is 5.98. The number of hydrogen-bond acceptors (Lipinski definition) is 2. The smallest absolute Gasteiger partial charge is 0.251 e. The maximum atomic E-state index is 12.5. The maximum absolute atomic E-state index is 12.5. The summed E-state index contributed by atoms with van der Waals surface area (Å²) in [6, 6.07) is 15.2. The van der Waals surface area contributed by atoms with Crippen molar-refractivity contribution in [3.63, 3.8) is 0 Å². The molecule has 0 atom stereocenters. The average molecular weight is 380 g/mol. The fourth-order valence-corrected chi connectivity index (χ4v) is 3.23. The molecule has 2 heterocycles. The lowest BCUT2D eigenvalue weighted by Crippen LogP contribution is -2.22. The number of aromatic nitrogens is 2. The number of aromatic amines is 1. The van der Waals surface area contributed by atoms with Crippen LogP contribution >= 0.6 is 11.6 Å². The molecule has 0 saturated carbocycles. The van der Waals surface area contributed by atoms with Gasteiger partial charge >= 0.3 is 0 Å². The van der Waals surface area contributed by atoms with E-state index in [-0.39, 0.29) is 5.91 Å². The quantitative estimate of drug-likeness (QED) is 0.484. The molecule has 4 aromatic rings. The van der Waals surface area contributed by atoms with Crippen LogP contribution in [0.25, 0.3) is 21.8 Å². The Morgan fingerprint density at radius 2 is 1.89 bits per heavy atom. The van der Waals surface area contributed by atoms with Crippen molar-refractivity contribution >= 4 is 39.3 Å². The standard InChI is InChI=1S/C20H16ClN3O.C2H6/c1-12-19-16(8-9-22-12)15-7-6-13(10-18(15)24-19)20(25)23-11-14-4-2-3-5-17(14)21;1-2/h2-10,24H,11H2,1H3,(H,23,25);1-2H3. The zero-order valence-electron chi connectivity index (χ0n) is 15.6. The number of amides is 1. The van der Waals surface area contributed by atoms with E-state index in [1.165, 1.54) is 0 Å². The number of rotatable bonds is 3. The summed E-state index contributed by atoms with van der Waals surface area (Å²) in [4.78, 5) is 20.1. The van der Waals surface area contributed by atoms with Gasteiger partial charge in [-0.05, 0) is 36.8 Å². The Labute approximate surface area is 163 Å². The molecule has 5 heteroatoms. The number of carbonyl (C=O) groups is 1. The van der Waals surface area contributed by atoms with Crippen molar-refractivity contribution in [3.8, 4) is 0 Å². The molecular formula is C22H22ClN3O. The van der Waals surface area contributed by atoms with Crippen LogP contribution in [-0.4, -0.2) is 15.9 Å². The predicted octanol–water partition coefficient (Wildman–Crippen LogP) is 5.63. The van der Waals surface area contributed by atoms with E-state index in [1.807, 2.05) is 69.3 Å². The van der Waals surface area contributed by atoms with Gasteiger partial charge in [-0.25, -0.2) is 0 Å².